The molecule has 21 heavy (non-hydrogen) atoms. The second kappa shape index (κ2) is 6.78. The Kier molecular flexibility index (Phi) is 5.04. The van der Waals surface area contributed by atoms with E-state index < -0.39 is 5.66 Å². The second-order valence-electron chi connectivity index (χ2n) is 4.85. The van der Waals surface area contributed by atoms with Crippen LogP contribution in [-0.4, -0.2) is 5.66 Å². The molecule has 2 rings (SSSR count). The number of rotatable bonds is 4. The number of halogens is 2. The molecule has 0 aliphatic heterocycles. The van der Waals surface area contributed by atoms with E-state index in [4.69, 9.17) is 23.2 Å². The summed E-state index contributed by atoms with van der Waals surface area (Å²) in [5.74, 6) is 0. The minimum absolute atomic E-state index is 0.663. The summed E-state index contributed by atoms with van der Waals surface area (Å²) >= 11 is 11.6. The van der Waals surface area contributed by atoms with Gasteiger partial charge in [-0.15, -0.1) is 0 Å². The van der Waals surface area contributed by atoms with E-state index in [0.717, 1.165) is 0 Å². The molecular formula is C15H14Cl2N4. The number of azo groups is 2. The maximum absolute atomic E-state index is 5.82. The molecule has 0 saturated carbocycles. The van der Waals surface area contributed by atoms with Crippen LogP contribution in [0.4, 0.5) is 11.4 Å². The molecule has 0 saturated heterocycles. The van der Waals surface area contributed by atoms with Crippen LogP contribution in [0.25, 0.3) is 0 Å². The molecule has 2 aromatic carbocycles. The Bertz CT molecular complexity index is 589. The molecule has 6 heteroatoms. The summed E-state index contributed by atoms with van der Waals surface area (Å²) in [5.41, 5.74) is 0.683. The van der Waals surface area contributed by atoms with Crippen LogP contribution in [0.2, 0.25) is 10.0 Å². The van der Waals surface area contributed by atoms with Crippen molar-refractivity contribution in [2.45, 2.75) is 19.5 Å². The lowest BCUT2D eigenvalue weighted by Crippen LogP contribution is -2.10. The van der Waals surface area contributed by atoms with Crippen molar-refractivity contribution in [3.8, 4) is 0 Å². The molecule has 0 radical (unpaired) electrons. The van der Waals surface area contributed by atoms with E-state index in [-0.39, 0.29) is 0 Å². The molecule has 0 heterocycles. The van der Waals surface area contributed by atoms with Crippen molar-refractivity contribution < 1.29 is 0 Å². The number of hydrogen-bond acceptors (Lipinski definition) is 4. The second-order valence-corrected chi connectivity index (χ2v) is 5.72. The van der Waals surface area contributed by atoms with Crippen molar-refractivity contribution in [1.82, 2.24) is 0 Å². The van der Waals surface area contributed by atoms with Crippen LogP contribution in [-0.2, 0) is 0 Å². The van der Waals surface area contributed by atoms with Gasteiger partial charge in [-0.25, -0.2) is 0 Å². The molecule has 0 bridgehead atoms. The highest BCUT2D eigenvalue weighted by Gasteiger charge is 2.14. The van der Waals surface area contributed by atoms with E-state index in [1.54, 1.807) is 48.5 Å². The molecule has 108 valence electrons. The van der Waals surface area contributed by atoms with Crippen molar-refractivity contribution >= 4 is 34.6 Å². The predicted octanol–water partition coefficient (Wildman–Crippen LogP) is 6.60. The smallest absolute Gasteiger partial charge is 0.157 e. The van der Waals surface area contributed by atoms with Crippen LogP contribution in [0, 0.1) is 0 Å². The van der Waals surface area contributed by atoms with E-state index in [9.17, 15) is 0 Å². The summed E-state index contributed by atoms with van der Waals surface area (Å²) in [6.07, 6.45) is 0. The van der Waals surface area contributed by atoms with Gasteiger partial charge in [0.1, 0.15) is 0 Å². The summed E-state index contributed by atoms with van der Waals surface area (Å²) in [5, 5.41) is 18.0. The zero-order chi connectivity index (χ0) is 15.3. The number of nitrogens with zero attached hydrogens (tertiary/aromatic N) is 4. The maximum Gasteiger partial charge on any atom is 0.186 e. The topological polar surface area (TPSA) is 49.4 Å². The largest absolute Gasteiger partial charge is 0.186 e. The van der Waals surface area contributed by atoms with Gasteiger partial charge >= 0.3 is 0 Å². The third-order valence-electron chi connectivity index (χ3n) is 2.47. The summed E-state index contributed by atoms with van der Waals surface area (Å²) in [4.78, 5) is 0. The molecule has 0 aromatic heterocycles. The van der Waals surface area contributed by atoms with Crippen molar-refractivity contribution in [2.75, 3.05) is 0 Å². The zero-order valence-corrected chi connectivity index (χ0v) is 13.2. The fourth-order valence-corrected chi connectivity index (χ4v) is 1.65. The van der Waals surface area contributed by atoms with Crippen LogP contribution >= 0.6 is 23.2 Å². The summed E-state index contributed by atoms with van der Waals surface area (Å²) in [7, 11) is 0. The van der Waals surface area contributed by atoms with Crippen LogP contribution < -0.4 is 0 Å². The van der Waals surface area contributed by atoms with E-state index in [1.165, 1.54) is 0 Å². The van der Waals surface area contributed by atoms with Crippen molar-refractivity contribution in [3.05, 3.63) is 58.6 Å². The first kappa shape index (κ1) is 15.6. The quantitative estimate of drug-likeness (QED) is 0.570. The highest BCUT2D eigenvalue weighted by molar-refractivity contribution is 6.30. The molecule has 0 aliphatic carbocycles. The normalized spacial score (nSPS) is 12.4. The van der Waals surface area contributed by atoms with Crippen LogP contribution in [0.3, 0.4) is 0 Å². The third-order valence-corrected chi connectivity index (χ3v) is 2.98. The summed E-state index contributed by atoms with van der Waals surface area (Å²) < 4.78 is 0. The fourth-order valence-electron chi connectivity index (χ4n) is 1.40. The summed E-state index contributed by atoms with van der Waals surface area (Å²) in [6.45, 7) is 3.65. The highest BCUT2D eigenvalue weighted by atomic mass is 35.5. The highest BCUT2D eigenvalue weighted by Crippen LogP contribution is 2.23. The number of hydrogen-bond donors (Lipinski definition) is 0. The van der Waals surface area contributed by atoms with Gasteiger partial charge in [-0.2, -0.15) is 20.5 Å². The van der Waals surface area contributed by atoms with Gasteiger partial charge in [0.2, 0.25) is 0 Å². The lowest BCUT2D eigenvalue weighted by molar-refractivity contribution is 0.499. The molecule has 0 spiro atoms. The zero-order valence-electron chi connectivity index (χ0n) is 11.7. The Balaban J connectivity index is 2.07. The van der Waals surface area contributed by atoms with E-state index >= 15 is 0 Å². The molecule has 0 aliphatic rings. The van der Waals surface area contributed by atoms with Crippen LogP contribution in [0.5, 0.6) is 0 Å². The van der Waals surface area contributed by atoms with Gasteiger partial charge in [0.25, 0.3) is 0 Å². The minimum atomic E-state index is -0.751. The van der Waals surface area contributed by atoms with Crippen molar-refractivity contribution in [2.24, 2.45) is 20.5 Å². The van der Waals surface area contributed by atoms with Gasteiger partial charge in [0.05, 0.1) is 11.4 Å². The molecule has 0 unspecified atom stereocenters. The predicted molar refractivity (Wildman–Crippen MR) is 86.0 cm³/mol. The lowest BCUT2D eigenvalue weighted by atomic mass is 10.3. The third kappa shape index (κ3) is 5.25. The SMILES string of the molecule is CC(C)(N=Nc1ccc(Cl)cc1)N=Nc1ccc(Cl)cc1. The van der Waals surface area contributed by atoms with E-state index in [0.29, 0.717) is 21.4 Å². The molecule has 0 fully saturated rings. The first-order valence-corrected chi connectivity index (χ1v) is 7.07. The first-order valence-electron chi connectivity index (χ1n) is 6.32. The standard InChI is InChI=1S/C15H14Cl2N4/c1-15(2,20-18-13-7-3-11(16)4-8-13)21-19-14-9-5-12(17)6-10-14/h3-10H,1-2H3. The van der Waals surface area contributed by atoms with E-state index in [2.05, 4.69) is 20.5 Å². The molecule has 2 aromatic rings. The Morgan fingerprint density at radius 2 is 1.00 bits per heavy atom. The van der Waals surface area contributed by atoms with Gasteiger partial charge < -0.3 is 0 Å². The molecule has 0 atom stereocenters. The minimum Gasteiger partial charge on any atom is -0.157 e. The average molecular weight is 321 g/mol. The van der Waals surface area contributed by atoms with Crippen molar-refractivity contribution in [1.29, 1.82) is 0 Å². The number of benzene rings is 2. The Hall–Kier alpha value is -1.78. The van der Waals surface area contributed by atoms with Gasteiger partial charge in [-0.3, -0.25) is 0 Å². The van der Waals surface area contributed by atoms with Gasteiger partial charge in [-0.1, -0.05) is 23.2 Å². The van der Waals surface area contributed by atoms with Gasteiger partial charge in [0, 0.05) is 10.0 Å². The summed E-state index contributed by atoms with van der Waals surface area (Å²) in [6, 6.07) is 14.2. The lowest BCUT2D eigenvalue weighted by Gasteiger charge is -2.09. The monoisotopic (exact) mass is 320 g/mol. The average Bonchev–Trinajstić information content (AvgIpc) is 2.46. The maximum atomic E-state index is 5.82. The molecular weight excluding hydrogens is 307 g/mol. The Morgan fingerprint density at radius 1 is 0.667 bits per heavy atom. The van der Waals surface area contributed by atoms with Gasteiger partial charge in [-0.05, 0) is 62.4 Å². The Labute approximate surface area is 133 Å². The van der Waals surface area contributed by atoms with Crippen LogP contribution in [0.15, 0.2) is 69.0 Å². The first-order chi connectivity index (χ1) is 9.94. The Morgan fingerprint density at radius 3 is 1.33 bits per heavy atom. The van der Waals surface area contributed by atoms with Crippen molar-refractivity contribution in [3.63, 3.8) is 0 Å². The van der Waals surface area contributed by atoms with E-state index in [1.807, 2.05) is 13.8 Å². The van der Waals surface area contributed by atoms with Gasteiger partial charge in [0.15, 0.2) is 5.66 Å². The fraction of sp³-hybridized carbons (Fsp3) is 0.200. The molecule has 0 N–H and O–H groups in total. The van der Waals surface area contributed by atoms with Crippen LogP contribution in [0.1, 0.15) is 13.8 Å². The molecule has 4 nitrogen and oxygen atoms in total. The molecule has 0 amide bonds.